The highest BCUT2D eigenvalue weighted by Crippen LogP contribution is 2.28. The number of rotatable bonds is 7. The van der Waals surface area contributed by atoms with Gasteiger partial charge in [0.2, 0.25) is 0 Å². The Morgan fingerprint density at radius 2 is 2.03 bits per heavy atom. The van der Waals surface area contributed by atoms with E-state index < -0.39 is 6.23 Å². The van der Waals surface area contributed by atoms with Crippen LogP contribution in [0, 0.1) is 6.92 Å². The largest absolute Gasteiger partial charge is 0.369 e. The first kappa shape index (κ1) is 27.1. The van der Waals surface area contributed by atoms with Crippen molar-refractivity contribution in [2.45, 2.75) is 40.0 Å². The summed E-state index contributed by atoms with van der Waals surface area (Å²) in [7, 11) is 2.15. The number of anilines is 1. The molecule has 39 heavy (non-hydrogen) atoms. The number of pyridine rings is 2. The van der Waals surface area contributed by atoms with Gasteiger partial charge in [0.05, 0.1) is 11.1 Å². The molecule has 2 aliphatic heterocycles. The number of likely N-dealkylation sites (N-methyl/N-ethyl adjacent to an activating group) is 1. The minimum atomic E-state index is -0.396. The van der Waals surface area contributed by atoms with Gasteiger partial charge >= 0.3 is 0 Å². The van der Waals surface area contributed by atoms with E-state index in [1.165, 1.54) is 0 Å². The lowest BCUT2D eigenvalue weighted by Gasteiger charge is -2.35. The van der Waals surface area contributed by atoms with Crippen molar-refractivity contribution in [2.75, 3.05) is 38.1 Å². The fourth-order valence-electron chi connectivity index (χ4n) is 5.05. The van der Waals surface area contributed by atoms with Gasteiger partial charge in [-0.3, -0.25) is 4.79 Å². The SMILES string of the molecule is C/C=C\C=C(/C)CC1N=C(c2cn(Cc3ccc(Cl)nc3)c3cc(N4CCN(C)CC4)c(C)cc3c2=O)NO1. The number of aryl methyl sites for hydroxylation is 1. The molecule has 1 unspecified atom stereocenters. The van der Waals surface area contributed by atoms with E-state index in [2.05, 4.69) is 44.9 Å². The molecule has 1 N–H and O–H groups in total. The van der Waals surface area contributed by atoms with E-state index in [0.29, 0.717) is 34.9 Å². The Morgan fingerprint density at radius 3 is 2.74 bits per heavy atom. The topological polar surface area (TPSA) is 75.0 Å². The molecule has 1 aromatic carbocycles. The average molecular weight is 547 g/mol. The van der Waals surface area contributed by atoms with Gasteiger partial charge in [-0.2, -0.15) is 0 Å². The molecular weight excluding hydrogens is 512 g/mol. The van der Waals surface area contributed by atoms with Gasteiger partial charge in [-0.25, -0.2) is 20.3 Å². The maximum absolute atomic E-state index is 13.9. The number of piperazine rings is 1. The van der Waals surface area contributed by atoms with E-state index >= 15 is 0 Å². The summed E-state index contributed by atoms with van der Waals surface area (Å²) >= 11 is 6.04. The highest BCUT2D eigenvalue weighted by Gasteiger charge is 2.24. The molecule has 2 aromatic heterocycles. The van der Waals surface area contributed by atoms with Crippen LogP contribution in [0.4, 0.5) is 5.69 Å². The number of allylic oxidation sites excluding steroid dienone is 3. The van der Waals surface area contributed by atoms with Crippen LogP contribution in [0.25, 0.3) is 10.9 Å². The standard InChI is InChI=1S/C30H35ClN6O2/c1-5-6-7-20(2)14-28-33-30(34-39-28)24-19-37(18-22-8-9-27(31)32-17-22)26-16-25(21(3)15-23(26)29(24)38)36-12-10-35(4)11-13-36/h5-9,15-17,19,28H,10-14,18H2,1-4H3,(H,33,34)/b6-5-,20-7+. The van der Waals surface area contributed by atoms with Crippen molar-refractivity contribution in [2.24, 2.45) is 4.99 Å². The van der Waals surface area contributed by atoms with Crippen molar-refractivity contribution >= 4 is 34.0 Å². The first-order valence-corrected chi connectivity index (χ1v) is 13.7. The number of amidine groups is 1. The van der Waals surface area contributed by atoms with Crippen molar-refractivity contribution in [3.8, 4) is 0 Å². The molecule has 0 radical (unpaired) electrons. The van der Waals surface area contributed by atoms with Gasteiger partial charge in [0.15, 0.2) is 17.5 Å². The maximum atomic E-state index is 13.9. The summed E-state index contributed by atoms with van der Waals surface area (Å²) in [5.74, 6) is 0.453. The van der Waals surface area contributed by atoms with Crippen LogP contribution in [0.2, 0.25) is 5.15 Å². The van der Waals surface area contributed by atoms with Crippen molar-refractivity contribution < 1.29 is 4.84 Å². The molecule has 8 nitrogen and oxygen atoms in total. The molecule has 0 aliphatic carbocycles. The minimum Gasteiger partial charge on any atom is -0.369 e. The number of hydrogen-bond donors (Lipinski definition) is 1. The number of nitrogens with zero attached hydrogens (tertiary/aromatic N) is 5. The molecule has 5 rings (SSSR count). The second-order valence-corrected chi connectivity index (χ2v) is 10.7. The zero-order chi connectivity index (χ0) is 27.5. The minimum absolute atomic E-state index is 0.0693. The highest BCUT2D eigenvalue weighted by molar-refractivity contribution is 6.29. The monoisotopic (exact) mass is 546 g/mol. The Bertz CT molecular complexity index is 1500. The summed E-state index contributed by atoms with van der Waals surface area (Å²) in [5.41, 5.74) is 8.58. The quantitative estimate of drug-likeness (QED) is 0.343. The van der Waals surface area contributed by atoms with Crippen molar-refractivity contribution in [3.05, 3.63) is 92.5 Å². The van der Waals surface area contributed by atoms with Crippen molar-refractivity contribution in [3.63, 3.8) is 0 Å². The normalized spacial score (nSPS) is 18.7. The van der Waals surface area contributed by atoms with E-state index in [4.69, 9.17) is 21.4 Å². The second-order valence-electron chi connectivity index (χ2n) is 10.3. The number of aliphatic imine (C=N–C) groups is 1. The molecule has 0 bridgehead atoms. The highest BCUT2D eigenvalue weighted by atomic mass is 35.5. The van der Waals surface area contributed by atoms with E-state index in [0.717, 1.165) is 54.1 Å². The lowest BCUT2D eigenvalue weighted by Crippen LogP contribution is -2.44. The van der Waals surface area contributed by atoms with Crippen molar-refractivity contribution in [1.82, 2.24) is 19.9 Å². The summed E-state index contributed by atoms with van der Waals surface area (Å²) in [4.78, 5) is 33.3. The third kappa shape index (κ3) is 6.08. The van der Waals surface area contributed by atoms with Crippen LogP contribution < -0.4 is 15.8 Å². The van der Waals surface area contributed by atoms with Crippen LogP contribution >= 0.6 is 11.6 Å². The zero-order valence-electron chi connectivity index (χ0n) is 22.9. The lowest BCUT2D eigenvalue weighted by molar-refractivity contribution is 0.0389. The third-order valence-electron chi connectivity index (χ3n) is 7.27. The molecule has 1 saturated heterocycles. The summed E-state index contributed by atoms with van der Waals surface area (Å²) in [6, 6.07) is 7.91. The molecule has 204 valence electrons. The first-order chi connectivity index (χ1) is 18.8. The molecule has 2 aliphatic rings. The fourth-order valence-corrected chi connectivity index (χ4v) is 5.17. The molecule has 0 amide bonds. The van der Waals surface area contributed by atoms with E-state index in [1.54, 1.807) is 12.3 Å². The molecule has 3 aromatic rings. The van der Waals surface area contributed by atoms with Gasteiger partial charge < -0.3 is 14.4 Å². The number of halogens is 1. The van der Waals surface area contributed by atoms with Gasteiger partial charge in [-0.15, -0.1) is 0 Å². The number of aromatic nitrogens is 2. The zero-order valence-corrected chi connectivity index (χ0v) is 23.7. The smallest absolute Gasteiger partial charge is 0.200 e. The number of hydrogen-bond acceptors (Lipinski definition) is 7. The van der Waals surface area contributed by atoms with Crippen LogP contribution in [0.15, 0.2) is 70.2 Å². The van der Waals surface area contributed by atoms with Crippen molar-refractivity contribution in [1.29, 1.82) is 0 Å². The Kier molecular flexibility index (Phi) is 8.16. The van der Waals surface area contributed by atoms with Crippen LogP contribution in [-0.2, 0) is 11.4 Å². The summed E-state index contributed by atoms with van der Waals surface area (Å²) in [5, 5.41) is 1.10. The molecule has 0 saturated carbocycles. The third-order valence-corrected chi connectivity index (χ3v) is 7.50. The van der Waals surface area contributed by atoms with Gasteiger partial charge in [0.1, 0.15) is 5.15 Å². The van der Waals surface area contributed by atoms with E-state index in [-0.39, 0.29) is 5.43 Å². The molecule has 1 fully saturated rings. The number of nitrogens with one attached hydrogen (secondary N) is 1. The maximum Gasteiger partial charge on any atom is 0.200 e. The Morgan fingerprint density at radius 1 is 1.23 bits per heavy atom. The Hall–Kier alpha value is -3.46. The predicted molar refractivity (Wildman–Crippen MR) is 159 cm³/mol. The average Bonchev–Trinajstić information content (AvgIpc) is 3.38. The van der Waals surface area contributed by atoms with Gasteiger partial charge in [-0.1, -0.05) is 41.5 Å². The molecule has 1 atom stereocenters. The molecule has 4 heterocycles. The summed E-state index contributed by atoms with van der Waals surface area (Å²) < 4.78 is 2.10. The number of hydroxylamine groups is 1. The Labute approximate surface area is 234 Å². The fraction of sp³-hybridized carbons (Fsp3) is 0.367. The second kappa shape index (κ2) is 11.7. The van der Waals surface area contributed by atoms with Gasteiger partial charge in [0.25, 0.3) is 0 Å². The lowest BCUT2D eigenvalue weighted by atomic mass is 10.0. The summed E-state index contributed by atoms with van der Waals surface area (Å²) in [6.07, 6.45) is 9.90. The number of fused-ring (bicyclic) bond motifs is 1. The summed E-state index contributed by atoms with van der Waals surface area (Å²) in [6.45, 7) is 10.6. The van der Waals surface area contributed by atoms with E-state index in [9.17, 15) is 4.79 Å². The van der Waals surface area contributed by atoms with Gasteiger partial charge in [-0.05, 0) is 57.1 Å². The van der Waals surface area contributed by atoms with Crippen LogP contribution in [0.3, 0.4) is 0 Å². The van der Waals surface area contributed by atoms with Crippen LogP contribution in [0.5, 0.6) is 0 Å². The molecular formula is C30H35ClN6O2. The number of benzene rings is 1. The predicted octanol–water partition coefficient (Wildman–Crippen LogP) is 4.68. The molecule has 9 heteroatoms. The molecule has 0 spiro atoms. The Balaban J connectivity index is 1.58. The first-order valence-electron chi connectivity index (χ1n) is 13.3. The van der Waals surface area contributed by atoms with E-state index in [1.807, 2.05) is 50.4 Å². The van der Waals surface area contributed by atoms with Crippen LogP contribution in [-0.4, -0.2) is 59.7 Å². The van der Waals surface area contributed by atoms with Crippen LogP contribution in [0.1, 0.15) is 37.0 Å². The van der Waals surface area contributed by atoms with Gasteiger partial charge in [0, 0.05) is 62.6 Å².